The lowest BCUT2D eigenvalue weighted by Gasteiger charge is -2.24. The van der Waals surface area contributed by atoms with Crippen LogP contribution in [0, 0.1) is 0 Å². The fourth-order valence-corrected chi connectivity index (χ4v) is 1.45. The Morgan fingerprint density at radius 3 is 3.00 bits per heavy atom. The van der Waals surface area contributed by atoms with Gasteiger partial charge >= 0.3 is 0 Å². The number of hydrogen-bond acceptors (Lipinski definition) is 2. The van der Waals surface area contributed by atoms with Gasteiger partial charge in [-0.2, -0.15) is 0 Å². The molecule has 0 aliphatic carbocycles. The number of ether oxygens (including phenoxy) is 1. The topological polar surface area (TPSA) is 21.6 Å². The van der Waals surface area contributed by atoms with Crippen LogP contribution in [0.15, 0.2) is 29.3 Å². The average molecular weight is 273 g/mol. The first-order valence-corrected chi connectivity index (χ1v) is 4.77. The number of benzene rings is 1. The van der Waals surface area contributed by atoms with Gasteiger partial charge in [0.15, 0.2) is 3.61 Å². The van der Waals surface area contributed by atoms with Crippen molar-refractivity contribution in [3.05, 3.63) is 24.3 Å². The predicted molar refractivity (Wildman–Crippen MR) is 57.6 cm³/mol. The zero-order valence-electron chi connectivity index (χ0n) is 6.62. The number of nitrogens with zero attached hydrogens (tertiary/aromatic N) is 1. The molecule has 1 aliphatic rings. The summed E-state index contributed by atoms with van der Waals surface area (Å²) in [5.74, 6) is 0.858. The second kappa shape index (κ2) is 2.73. The van der Waals surface area contributed by atoms with Gasteiger partial charge in [0.05, 0.1) is 6.21 Å². The molecule has 2 nitrogen and oxygen atoms in total. The lowest BCUT2D eigenvalue weighted by Crippen LogP contribution is -2.27. The largest absolute Gasteiger partial charge is 0.469 e. The Hall–Kier alpha value is -0.580. The molecule has 1 unspecified atom stereocenters. The van der Waals surface area contributed by atoms with Crippen LogP contribution in [0.1, 0.15) is 6.92 Å². The predicted octanol–water partition coefficient (Wildman–Crippen LogP) is 2.93. The van der Waals surface area contributed by atoms with Gasteiger partial charge in [-0.05, 0) is 41.6 Å². The molecular weight excluding hydrogens is 265 g/mol. The molecule has 62 valence electrons. The van der Waals surface area contributed by atoms with Crippen LogP contribution >= 0.6 is 22.6 Å². The van der Waals surface area contributed by atoms with Crippen molar-refractivity contribution < 1.29 is 4.74 Å². The quantitative estimate of drug-likeness (QED) is 0.526. The van der Waals surface area contributed by atoms with Crippen molar-refractivity contribution >= 4 is 34.5 Å². The molecule has 3 heteroatoms. The van der Waals surface area contributed by atoms with E-state index < -0.39 is 0 Å². The van der Waals surface area contributed by atoms with Crippen LogP contribution in [0.4, 0.5) is 5.69 Å². The molecular formula is C9H8INO. The van der Waals surface area contributed by atoms with Crippen LogP contribution in [-0.4, -0.2) is 9.82 Å². The van der Waals surface area contributed by atoms with Gasteiger partial charge in [0.1, 0.15) is 11.4 Å². The Bertz CT molecular complexity index is 333. The van der Waals surface area contributed by atoms with Crippen LogP contribution in [0.25, 0.3) is 0 Å². The maximum atomic E-state index is 5.66. The van der Waals surface area contributed by atoms with Crippen molar-refractivity contribution in [1.82, 2.24) is 0 Å². The summed E-state index contributed by atoms with van der Waals surface area (Å²) in [7, 11) is 0. The van der Waals surface area contributed by atoms with E-state index in [0.29, 0.717) is 0 Å². The molecule has 0 aromatic heterocycles. The van der Waals surface area contributed by atoms with Crippen molar-refractivity contribution in [1.29, 1.82) is 0 Å². The van der Waals surface area contributed by atoms with Crippen molar-refractivity contribution in [2.75, 3.05) is 0 Å². The number of alkyl halides is 1. The molecule has 0 radical (unpaired) electrons. The molecule has 1 atom stereocenters. The van der Waals surface area contributed by atoms with Crippen LogP contribution in [0.5, 0.6) is 5.75 Å². The van der Waals surface area contributed by atoms with Gasteiger partial charge in [0.2, 0.25) is 0 Å². The van der Waals surface area contributed by atoms with Crippen molar-refractivity contribution in [3.8, 4) is 5.75 Å². The summed E-state index contributed by atoms with van der Waals surface area (Å²) in [6.45, 7) is 1.98. The average Bonchev–Trinajstić information content (AvgIpc) is 2.02. The Morgan fingerprint density at radius 2 is 2.17 bits per heavy atom. The lowest BCUT2D eigenvalue weighted by atomic mass is 10.2. The summed E-state index contributed by atoms with van der Waals surface area (Å²) in [4.78, 5) is 4.29. The zero-order valence-corrected chi connectivity index (χ0v) is 8.78. The SMILES string of the molecule is CC1(I)C=Nc2ccccc2O1. The summed E-state index contributed by atoms with van der Waals surface area (Å²) in [5.41, 5.74) is 0.909. The van der Waals surface area contributed by atoms with E-state index in [1.165, 1.54) is 0 Å². The number of fused-ring (bicyclic) bond motifs is 1. The molecule has 0 bridgehead atoms. The summed E-state index contributed by atoms with van der Waals surface area (Å²) >= 11 is 2.22. The third-order valence-corrected chi connectivity index (χ3v) is 2.11. The number of aliphatic imine (C=N–C) groups is 1. The van der Waals surface area contributed by atoms with E-state index in [4.69, 9.17) is 4.74 Å². The first-order chi connectivity index (χ1) is 5.67. The number of para-hydroxylation sites is 2. The molecule has 2 rings (SSSR count). The van der Waals surface area contributed by atoms with Gasteiger partial charge in [-0.15, -0.1) is 0 Å². The highest BCUT2D eigenvalue weighted by Crippen LogP contribution is 2.35. The maximum absolute atomic E-state index is 5.66. The monoisotopic (exact) mass is 273 g/mol. The van der Waals surface area contributed by atoms with Crippen LogP contribution in [0.2, 0.25) is 0 Å². The molecule has 1 heterocycles. The summed E-state index contributed by atoms with van der Waals surface area (Å²) in [6, 6.07) is 7.78. The summed E-state index contributed by atoms with van der Waals surface area (Å²) in [5, 5.41) is 0. The molecule has 0 fully saturated rings. The minimum atomic E-state index is -0.299. The molecule has 12 heavy (non-hydrogen) atoms. The van der Waals surface area contributed by atoms with E-state index in [1.807, 2.05) is 37.4 Å². The minimum Gasteiger partial charge on any atom is -0.469 e. The lowest BCUT2D eigenvalue weighted by molar-refractivity contribution is 0.273. The second-order valence-electron chi connectivity index (χ2n) is 2.81. The van der Waals surface area contributed by atoms with Gasteiger partial charge in [-0.1, -0.05) is 12.1 Å². The van der Waals surface area contributed by atoms with Gasteiger partial charge in [-0.3, -0.25) is 4.99 Å². The van der Waals surface area contributed by atoms with E-state index in [1.54, 1.807) is 0 Å². The zero-order chi connectivity index (χ0) is 8.60. The van der Waals surface area contributed by atoms with Gasteiger partial charge in [-0.25, -0.2) is 0 Å². The van der Waals surface area contributed by atoms with E-state index in [0.717, 1.165) is 11.4 Å². The number of halogens is 1. The number of hydrogen-bond donors (Lipinski definition) is 0. The number of rotatable bonds is 0. The first-order valence-electron chi connectivity index (χ1n) is 3.70. The van der Waals surface area contributed by atoms with E-state index in [2.05, 4.69) is 27.6 Å². The van der Waals surface area contributed by atoms with Crippen molar-refractivity contribution in [2.45, 2.75) is 10.5 Å². The third-order valence-electron chi connectivity index (χ3n) is 1.61. The van der Waals surface area contributed by atoms with Gasteiger partial charge < -0.3 is 4.74 Å². The van der Waals surface area contributed by atoms with Crippen LogP contribution in [-0.2, 0) is 0 Å². The van der Waals surface area contributed by atoms with Crippen LogP contribution in [0.3, 0.4) is 0 Å². The molecule has 0 N–H and O–H groups in total. The summed E-state index contributed by atoms with van der Waals surface area (Å²) < 4.78 is 5.36. The fraction of sp³-hybridized carbons (Fsp3) is 0.222. The third kappa shape index (κ3) is 1.46. The van der Waals surface area contributed by atoms with Gasteiger partial charge in [0.25, 0.3) is 0 Å². The minimum absolute atomic E-state index is 0.299. The van der Waals surface area contributed by atoms with Crippen molar-refractivity contribution in [3.63, 3.8) is 0 Å². The van der Waals surface area contributed by atoms with Crippen LogP contribution < -0.4 is 4.74 Å². The van der Waals surface area contributed by atoms with Gasteiger partial charge in [0, 0.05) is 0 Å². The molecule has 0 saturated heterocycles. The molecule has 0 spiro atoms. The molecule has 1 aromatic rings. The normalized spacial score (nSPS) is 26.2. The summed E-state index contributed by atoms with van der Waals surface area (Å²) in [6.07, 6.45) is 1.82. The van der Waals surface area contributed by atoms with E-state index in [-0.39, 0.29) is 3.61 Å². The highest BCUT2D eigenvalue weighted by Gasteiger charge is 2.24. The molecule has 0 saturated carbocycles. The van der Waals surface area contributed by atoms with E-state index in [9.17, 15) is 0 Å². The highest BCUT2D eigenvalue weighted by atomic mass is 127. The molecule has 1 aromatic carbocycles. The standard InChI is InChI=1S/C9H8INO/c1-9(10)6-11-7-4-2-3-5-8(7)12-9/h2-6H,1H3. The first kappa shape index (κ1) is 8.04. The maximum Gasteiger partial charge on any atom is 0.191 e. The molecule has 1 aliphatic heterocycles. The van der Waals surface area contributed by atoms with Crippen molar-refractivity contribution in [2.24, 2.45) is 4.99 Å². The Kier molecular flexibility index (Phi) is 1.83. The second-order valence-corrected chi connectivity index (χ2v) is 4.96. The van der Waals surface area contributed by atoms with E-state index >= 15 is 0 Å². The Morgan fingerprint density at radius 1 is 1.42 bits per heavy atom. The fourth-order valence-electron chi connectivity index (χ4n) is 1.08. The Balaban J connectivity index is 2.46. The smallest absolute Gasteiger partial charge is 0.191 e. The highest BCUT2D eigenvalue weighted by molar-refractivity contribution is 14.1. The Labute approximate surface area is 84.8 Å². The molecule has 0 amide bonds.